The standard InChI is InChI=1S/C14H23NO5/c15-5-3-6-16-9-13(10-17-8-12-11-19-12)20-14-4-1-2-7-18-14/h12-14H,1-4,6-11H2. The highest BCUT2D eigenvalue weighted by Crippen LogP contribution is 2.16. The maximum absolute atomic E-state index is 8.48. The Morgan fingerprint density at radius 1 is 1.20 bits per heavy atom. The first-order chi connectivity index (χ1) is 9.88. The van der Waals surface area contributed by atoms with Crippen molar-refractivity contribution in [3.8, 4) is 6.07 Å². The summed E-state index contributed by atoms with van der Waals surface area (Å²) in [4.78, 5) is 0. The molecule has 0 aliphatic carbocycles. The van der Waals surface area contributed by atoms with E-state index in [2.05, 4.69) is 6.07 Å². The molecule has 0 amide bonds. The average molecular weight is 285 g/mol. The van der Waals surface area contributed by atoms with Crippen molar-refractivity contribution in [1.29, 1.82) is 5.26 Å². The van der Waals surface area contributed by atoms with E-state index in [1.54, 1.807) is 0 Å². The van der Waals surface area contributed by atoms with Crippen LogP contribution < -0.4 is 0 Å². The normalized spacial score (nSPS) is 26.9. The summed E-state index contributed by atoms with van der Waals surface area (Å²) in [7, 11) is 0. The molecule has 0 aromatic rings. The van der Waals surface area contributed by atoms with Gasteiger partial charge in [-0.3, -0.25) is 0 Å². The topological polar surface area (TPSA) is 73.2 Å². The van der Waals surface area contributed by atoms with Crippen molar-refractivity contribution in [2.45, 2.75) is 44.2 Å². The molecule has 6 heteroatoms. The van der Waals surface area contributed by atoms with Crippen LogP contribution in [-0.2, 0) is 23.7 Å². The second kappa shape index (κ2) is 9.27. The minimum absolute atomic E-state index is 0.157. The zero-order chi connectivity index (χ0) is 14.0. The summed E-state index contributed by atoms with van der Waals surface area (Å²) in [6, 6.07) is 2.05. The Balaban J connectivity index is 1.64. The number of ether oxygens (including phenoxy) is 5. The molecule has 2 fully saturated rings. The minimum Gasteiger partial charge on any atom is -0.378 e. The lowest BCUT2D eigenvalue weighted by Gasteiger charge is -2.27. The molecular weight excluding hydrogens is 262 g/mol. The Kier molecular flexibility index (Phi) is 7.26. The maximum Gasteiger partial charge on any atom is 0.158 e. The Bertz CT molecular complexity index is 296. The molecule has 2 heterocycles. The van der Waals surface area contributed by atoms with Gasteiger partial charge in [-0.05, 0) is 19.3 Å². The first kappa shape index (κ1) is 15.7. The third kappa shape index (κ3) is 6.64. The summed E-state index contributed by atoms with van der Waals surface area (Å²) in [5.74, 6) is 0. The molecule has 2 saturated heterocycles. The second-order valence-electron chi connectivity index (χ2n) is 5.03. The Labute approximate surface area is 119 Å². The number of hydrogen-bond acceptors (Lipinski definition) is 6. The number of epoxide rings is 1. The highest BCUT2D eigenvalue weighted by Gasteiger charge is 2.24. The molecule has 0 aromatic carbocycles. The summed E-state index contributed by atoms with van der Waals surface area (Å²) in [6.45, 7) is 3.45. The molecule has 2 rings (SSSR count). The van der Waals surface area contributed by atoms with Crippen molar-refractivity contribution in [3.05, 3.63) is 0 Å². The van der Waals surface area contributed by atoms with E-state index in [1.807, 2.05) is 0 Å². The molecule has 0 saturated carbocycles. The van der Waals surface area contributed by atoms with Crippen LogP contribution in [0.5, 0.6) is 0 Å². The molecule has 0 aromatic heterocycles. The van der Waals surface area contributed by atoms with Crippen LogP contribution in [0.15, 0.2) is 0 Å². The summed E-state index contributed by atoms with van der Waals surface area (Å²) >= 11 is 0. The van der Waals surface area contributed by atoms with E-state index < -0.39 is 0 Å². The number of hydrogen-bond donors (Lipinski definition) is 0. The van der Waals surface area contributed by atoms with Gasteiger partial charge in [0.1, 0.15) is 12.2 Å². The fourth-order valence-electron chi connectivity index (χ4n) is 1.99. The molecule has 2 aliphatic rings. The predicted octanol–water partition coefficient (Wildman–Crippen LogP) is 1.24. The van der Waals surface area contributed by atoms with Gasteiger partial charge >= 0.3 is 0 Å². The van der Waals surface area contributed by atoms with Crippen LogP contribution >= 0.6 is 0 Å². The molecule has 20 heavy (non-hydrogen) atoms. The van der Waals surface area contributed by atoms with E-state index in [0.29, 0.717) is 32.8 Å². The fraction of sp³-hybridized carbons (Fsp3) is 0.929. The van der Waals surface area contributed by atoms with Crippen molar-refractivity contribution in [2.75, 3.05) is 39.6 Å². The molecule has 2 aliphatic heterocycles. The van der Waals surface area contributed by atoms with Crippen molar-refractivity contribution in [2.24, 2.45) is 0 Å². The van der Waals surface area contributed by atoms with Gasteiger partial charge in [0.2, 0.25) is 0 Å². The number of nitrogens with zero attached hydrogens (tertiary/aromatic N) is 1. The average Bonchev–Trinajstić information content (AvgIpc) is 3.28. The quantitative estimate of drug-likeness (QED) is 0.444. The van der Waals surface area contributed by atoms with E-state index in [4.69, 9.17) is 28.9 Å². The van der Waals surface area contributed by atoms with Crippen LogP contribution in [0.3, 0.4) is 0 Å². The van der Waals surface area contributed by atoms with Gasteiger partial charge in [0, 0.05) is 6.61 Å². The molecule has 114 valence electrons. The summed E-state index contributed by atoms with van der Waals surface area (Å²) < 4.78 is 27.5. The summed E-state index contributed by atoms with van der Waals surface area (Å²) in [5.41, 5.74) is 0. The van der Waals surface area contributed by atoms with Gasteiger partial charge in [0.25, 0.3) is 0 Å². The van der Waals surface area contributed by atoms with E-state index in [9.17, 15) is 0 Å². The SMILES string of the molecule is N#CCCOCC(COCC1CO1)OC1CCCCO1. The van der Waals surface area contributed by atoms with Gasteiger partial charge in [-0.1, -0.05) is 0 Å². The second-order valence-corrected chi connectivity index (χ2v) is 5.03. The van der Waals surface area contributed by atoms with Crippen LogP contribution in [-0.4, -0.2) is 58.1 Å². The predicted molar refractivity (Wildman–Crippen MR) is 70.1 cm³/mol. The van der Waals surface area contributed by atoms with E-state index in [0.717, 1.165) is 32.5 Å². The van der Waals surface area contributed by atoms with Crippen molar-refractivity contribution < 1.29 is 23.7 Å². The lowest BCUT2D eigenvalue weighted by atomic mass is 10.2. The summed E-state index contributed by atoms with van der Waals surface area (Å²) in [5, 5.41) is 8.48. The van der Waals surface area contributed by atoms with E-state index in [-0.39, 0.29) is 18.5 Å². The third-order valence-corrected chi connectivity index (χ3v) is 3.15. The number of nitriles is 1. The number of rotatable bonds is 10. The highest BCUT2D eigenvalue weighted by atomic mass is 16.7. The van der Waals surface area contributed by atoms with Gasteiger partial charge < -0.3 is 23.7 Å². The molecule has 0 spiro atoms. The lowest BCUT2D eigenvalue weighted by Crippen LogP contribution is -2.34. The van der Waals surface area contributed by atoms with Gasteiger partial charge in [0.15, 0.2) is 6.29 Å². The zero-order valence-electron chi connectivity index (χ0n) is 11.8. The molecule has 6 nitrogen and oxygen atoms in total. The van der Waals surface area contributed by atoms with E-state index >= 15 is 0 Å². The Hall–Kier alpha value is -0.710. The van der Waals surface area contributed by atoms with Crippen LogP contribution in [0.1, 0.15) is 25.7 Å². The van der Waals surface area contributed by atoms with E-state index in [1.165, 1.54) is 0 Å². The highest BCUT2D eigenvalue weighted by molar-refractivity contribution is 4.69. The largest absolute Gasteiger partial charge is 0.378 e. The third-order valence-electron chi connectivity index (χ3n) is 3.15. The first-order valence-corrected chi connectivity index (χ1v) is 7.29. The monoisotopic (exact) mass is 285 g/mol. The maximum atomic E-state index is 8.48. The smallest absolute Gasteiger partial charge is 0.158 e. The summed E-state index contributed by atoms with van der Waals surface area (Å²) in [6.07, 6.45) is 3.47. The van der Waals surface area contributed by atoms with Crippen molar-refractivity contribution >= 4 is 0 Å². The molecule has 0 radical (unpaired) electrons. The van der Waals surface area contributed by atoms with Crippen LogP contribution in [0.4, 0.5) is 0 Å². The minimum atomic E-state index is -0.158. The molecule has 0 N–H and O–H groups in total. The molecular formula is C14H23NO5. The van der Waals surface area contributed by atoms with Gasteiger partial charge in [0.05, 0.1) is 45.5 Å². The van der Waals surface area contributed by atoms with Gasteiger partial charge in [-0.2, -0.15) is 5.26 Å². The fourth-order valence-corrected chi connectivity index (χ4v) is 1.99. The first-order valence-electron chi connectivity index (χ1n) is 7.29. The Morgan fingerprint density at radius 3 is 2.75 bits per heavy atom. The van der Waals surface area contributed by atoms with Crippen molar-refractivity contribution in [1.82, 2.24) is 0 Å². The Morgan fingerprint density at radius 2 is 2.05 bits per heavy atom. The van der Waals surface area contributed by atoms with Crippen molar-refractivity contribution in [3.63, 3.8) is 0 Å². The molecule has 3 unspecified atom stereocenters. The van der Waals surface area contributed by atoms with Crippen LogP contribution in [0.25, 0.3) is 0 Å². The molecule has 3 atom stereocenters. The van der Waals surface area contributed by atoms with Crippen LogP contribution in [0.2, 0.25) is 0 Å². The lowest BCUT2D eigenvalue weighted by molar-refractivity contribution is -0.208. The van der Waals surface area contributed by atoms with Crippen LogP contribution in [0, 0.1) is 11.3 Å². The molecule has 0 bridgehead atoms. The van der Waals surface area contributed by atoms with Gasteiger partial charge in [-0.15, -0.1) is 0 Å². The zero-order valence-corrected chi connectivity index (χ0v) is 11.8. The van der Waals surface area contributed by atoms with Gasteiger partial charge in [-0.25, -0.2) is 0 Å².